The first-order valence-corrected chi connectivity index (χ1v) is 11.6. The summed E-state index contributed by atoms with van der Waals surface area (Å²) in [5, 5.41) is 13.3. The minimum Gasteiger partial charge on any atom is -0.507 e. The van der Waals surface area contributed by atoms with Crippen molar-refractivity contribution in [2.45, 2.75) is 52.4 Å². The third-order valence-corrected chi connectivity index (χ3v) is 5.88. The zero-order valence-electron chi connectivity index (χ0n) is 19.9. The Balaban J connectivity index is 2.07. The number of aromatic nitrogens is 2. The molecule has 34 heavy (non-hydrogen) atoms. The lowest BCUT2D eigenvalue weighted by Gasteiger charge is -2.17. The van der Waals surface area contributed by atoms with Crippen molar-refractivity contribution in [1.82, 2.24) is 9.13 Å². The summed E-state index contributed by atoms with van der Waals surface area (Å²) in [5.74, 6) is -0.451. The first-order valence-electron chi connectivity index (χ1n) is 11.6. The maximum Gasteiger partial charge on any atom is 0.337 e. The second kappa shape index (κ2) is 10.9. The zero-order valence-corrected chi connectivity index (χ0v) is 19.9. The van der Waals surface area contributed by atoms with E-state index in [4.69, 9.17) is 5.73 Å². The first-order chi connectivity index (χ1) is 16.3. The minimum atomic E-state index is -0.695. The van der Waals surface area contributed by atoms with Gasteiger partial charge in [0.1, 0.15) is 17.3 Å². The molecule has 8 heteroatoms. The van der Waals surface area contributed by atoms with E-state index in [0.717, 1.165) is 30.3 Å². The Hall–Kier alpha value is -3.81. The van der Waals surface area contributed by atoms with Crippen LogP contribution in [-0.2, 0) is 19.9 Å². The van der Waals surface area contributed by atoms with Gasteiger partial charge in [0, 0.05) is 12.6 Å². The molecular weight excluding hydrogens is 432 g/mol. The monoisotopic (exact) mass is 464 g/mol. The molecule has 8 nitrogen and oxygen atoms in total. The molecule has 0 spiro atoms. The molecule has 3 aromatic rings. The number of rotatable bonds is 9. The summed E-state index contributed by atoms with van der Waals surface area (Å²) in [5.41, 5.74) is 6.96. The largest absolute Gasteiger partial charge is 0.507 e. The van der Waals surface area contributed by atoms with Crippen LogP contribution in [0.15, 0.2) is 52.1 Å². The van der Waals surface area contributed by atoms with E-state index in [2.05, 4.69) is 19.2 Å². The predicted molar refractivity (Wildman–Crippen MR) is 135 cm³/mol. The summed E-state index contributed by atoms with van der Waals surface area (Å²) in [6.07, 6.45) is 4.95. The smallest absolute Gasteiger partial charge is 0.337 e. The van der Waals surface area contributed by atoms with Crippen molar-refractivity contribution in [2.75, 3.05) is 11.1 Å². The van der Waals surface area contributed by atoms with E-state index in [1.54, 1.807) is 42.5 Å². The van der Waals surface area contributed by atoms with Crippen molar-refractivity contribution in [3.8, 4) is 11.4 Å². The molecule has 2 aromatic carbocycles. The standard InChI is InChI=1S/C26H32N4O4/c1-4-6-11-17-15-19(16-18(22(17)31)12-7-5-2)24(32)28-21-23(27)30(20-13-9-8-10-14-20)26(34)29(3)25(21)33/h8-10,13-16,31H,4-7,11-12,27H2,1-3H3,(H,28,32). The lowest BCUT2D eigenvalue weighted by molar-refractivity contribution is 0.102. The van der Waals surface area contributed by atoms with Gasteiger partial charge in [-0.3, -0.25) is 14.2 Å². The van der Waals surface area contributed by atoms with Gasteiger partial charge in [0.15, 0.2) is 0 Å². The molecule has 1 amide bonds. The van der Waals surface area contributed by atoms with Gasteiger partial charge in [-0.15, -0.1) is 0 Å². The fourth-order valence-electron chi connectivity index (χ4n) is 3.87. The normalized spacial score (nSPS) is 10.9. The SMILES string of the molecule is CCCCc1cc(C(=O)Nc2c(N)n(-c3ccccc3)c(=O)n(C)c2=O)cc(CCCC)c1O. The number of nitrogen functional groups attached to an aromatic ring is 1. The third-order valence-electron chi connectivity index (χ3n) is 5.88. The molecule has 4 N–H and O–H groups in total. The first kappa shape index (κ1) is 24.8. The summed E-state index contributed by atoms with van der Waals surface area (Å²) in [7, 11) is 1.34. The maximum absolute atomic E-state index is 13.2. The number of phenols is 1. The van der Waals surface area contributed by atoms with Crippen LogP contribution in [0.5, 0.6) is 5.75 Å². The quantitative estimate of drug-likeness (QED) is 0.445. The number of hydrogen-bond acceptors (Lipinski definition) is 5. The number of aryl methyl sites for hydroxylation is 2. The Morgan fingerprint density at radius 2 is 1.56 bits per heavy atom. The third kappa shape index (κ3) is 5.06. The number of para-hydroxylation sites is 1. The Kier molecular flexibility index (Phi) is 7.94. The molecule has 0 unspecified atom stereocenters. The molecule has 0 atom stereocenters. The van der Waals surface area contributed by atoms with Crippen molar-refractivity contribution in [3.63, 3.8) is 0 Å². The number of nitrogens with zero attached hydrogens (tertiary/aromatic N) is 2. The molecule has 180 valence electrons. The molecule has 1 aromatic heterocycles. The van der Waals surface area contributed by atoms with Gasteiger partial charge in [0.2, 0.25) is 0 Å². The van der Waals surface area contributed by atoms with Crippen LogP contribution >= 0.6 is 0 Å². The molecule has 3 rings (SSSR count). The zero-order chi connectivity index (χ0) is 24.8. The molecule has 0 aliphatic rings. The number of aromatic hydroxyl groups is 1. The van der Waals surface area contributed by atoms with Crippen molar-refractivity contribution in [3.05, 3.63) is 80.0 Å². The number of carbonyl (C=O) groups excluding carboxylic acids is 1. The number of benzene rings is 2. The van der Waals surface area contributed by atoms with Crippen molar-refractivity contribution in [2.24, 2.45) is 7.05 Å². The second-order valence-corrected chi connectivity index (χ2v) is 8.38. The minimum absolute atomic E-state index is 0.149. The number of nitrogens with two attached hydrogens (primary N) is 1. The number of unbranched alkanes of at least 4 members (excludes halogenated alkanes) is 2. The van der Waals surface area contributed by atoms with Crippen LogP contribution in [0.4, 0.5) is 11.5 Å². The van der Waals surface area contributed by atoms with E-state index in [1.807, 2.05) is 0 Å². The number of hydrogen-bond donors (Lipinski definition) is 3. The van der Waals surface area contributed by atoms with Gasteiger partial charge in [-0.1, -0.05) is 44.9 Å². The molecule has 0 aliphatic carbocycles. The summed E-state index contributed by atoms with van der Waals surface area (Å²) in [4.78, 5) is 38.8. The fourth-order valence-corrected chi connectivity index (χ4v) is 3.87. The van der Waals surface area contributed by atoms with Gasteiger partial charge in [0.05, 0.1) is 5.69 Å². The van der Waals surface area contributed by atoms with E-state index in [-0.39, 0.29) is 17.3 Å². The molecule has 0 fully saturated rings. The highest BCUT2D eigenvalue weighted by Gasteiger charge is 2.21. The van der Waals surface area contributed by atoms with E-state index >= 15 is 0 Å². The van der Waals surface area contributed by atoms with Crippen LogP contribution < -0.4 is 22.3 Å². The number of carbonyl (C=O) groups is 1. The highest BCUT2D eigenvalue weighted by Crippen LogP contribution is 2.28. The molecule has 0 bridgehead atoms. The lowest BCUT2D eigenvalue weighted by atomic mass is 9.96. The number of nitrogens with one attached hydrogen (secondary N) is 1. The lowest BCUT2D eigenvalue weighted by Crippen LogP contribution is -2.40. The highest BCUT2D eigenvalue weighted by molar-refractivity contribution is 6.05. The Bertz CT molecular complexity index is 1260. The van der Waals surface area contributed by atoms with Crippen LogP contribution in [0.3, 0.4) is 0 Å². The van der Waals surface area contributed by atoms with Crippen LogP contribution in [0.2, 0.25) is 0 Å². The van der Waals surface area contributed by atoms with Crippen molar-refractivity contribution in [1.29, 1.82) is 0 Å². The fraction of sp³-hybridized carbons (Fsp3) is 0.346. The molecule has 0 saturated carbocycles. The molecule has 0 radical (unpaired) electrons. The Morgan fingerprint density at radius 1 is 1.00 bits per heavy atom. The average molecular weight is 465 g/mol. The molecule has 0 saturated heterocycles. The van der Waals surface area contributed by atoms with Gasteiger partial charge < -0.3 is 16.2 Å². The summed E-state index contributed by atoms with van der Waals surface area (Å²) in [6, 6.07) is 12.0. The van der Waals surface area contributed by atoms with Crippen molar-refractivity contribution < 1.29 is 9.90 Å². The second-order valence-electron chi connectivity index (χ2n) is 8.38. The van der Waals surface area contributed by atoms with E-state index < -0.39 is 17.2 Å². The van der Waals surface area contributed by atoms with Crippen LogP contribution in [-0.4, -0.2) is 20.1 Å². The number of phenolic OH excluding ortho intramolecular Hbond substituents is 1. The molecular formula is C26H32N4O4. The van der Waals surface area contributed by atoms with Crippen molar-refractivity contribution >= 4 is 17.4 Å². The van der Waals surface area contributed by atoms with Gasteiger partial charge in [-0.25, -0.2) is 9.36 Å². The van der Waals surface area contributed by atoms with Gasteiger partial charge in [-0.2, -0.15) is 0 Å². The van der Waals surface area contributed by atoms with Gasteiger partial charge in [-0.05, 0) is 61.1 Å². The summed E-state index contributed by atoms with van der Waals surface area (Å²) >= 11 is 0. The van der Waals surface area contributed by atoms with Crippen LogP contribution in [0.25, 0.3) is 5.69 Å². The predicted octanol–water partition coefficient (Wildman–Crippen LogP) is 3.76. The van der Waals surface area contributed by atoms with Gasteiger partial charge >= 0.3 is 5.69 Å². The maximum atomic E-state index is 13.2. The Labute approximate surface area is 198 Å². The summed E-state index contributed by atoms with van der Waals surface area (Å²) in [6.45, 7) is 4.12. The molecule has 1 heterocycles. The van der Waals surface area contributed by atoms with Crippen LogP contribution in [0.1, 0.15) is 61.0 Å². The van der Waals surface area contributed by atoms with E-state index in [9.17, 15) is 19.5 Å². The number of anilines is 2. The summed E-state index contributed by atoms with van der Waals surface area (Å²) < 4.78 is 2.10. The molecule has 0 aliphatic heterocycles. The number of amides is 1. The van der Waals surface area contributed by atoms with Crippen LogP contribution in [0, 0.1) is 0 Å². The topological polar surface area (TPSA) is 119 Å². The Morgan fingerprint density at radius 3 is 2.09 bits per heavy atom. The highest BCUT2D eigenvalue weighted by atomic mass is 16.3. The van der Waals surface area contributed by atoms with Gasteiger partial charge in [0.25, 0.3) is 11.5 Å². The van der Waals surface area contributed by atoms with E-state index in [0.29, 0.717) is 35.2 Å². The average Bonchev–Trinajstić information content (AvgIpc) is 2.84. The van der Waals surface area contributed by atoms with E-state index in [1.165, 1.54) is 11.6 Å².